The topological polar surface area (TPSA) is 75.1 Å². The zero-order valence-electron chi connectivity index (χ0n) is 13.7. The van der Waals surface area contributed by atoms with Crippen molar-refractivity contribution in [1.29, 1.82) is 0 Å². The summed E-state index contributed by atoms with van der Waals surface area (Å²) in [5.74, 6) is -0.0252. The van der Waals surface area contributed by atoms with Crippen LogP contribution in [0.3, 0.4) is 0 Å². The van der Waals surface area contributed by atoms with Gasteiger partial charge in [-0.2, -0.15) is 5.10 Å². The lowest BCUT2D eigenvalue weighted by atomic mass is 10.1. The van der Waals surface area contributed by atoms with Crippen molar-refractivity contribution in [3.63, 3.8) is 0 Å². The molecule has 24 heavy (non-hydrogen) atoms. The lowest BCUT2D eigenvalue weighted by molar-refractivity contribution is 0.0946. The van der Waals surface area contributed by atoms with Gasteiger partial charge in [-0.1, -0.05) is 0 Å². The highest BCUT2D eigenvalue weighted by Gasteiger charge is 2.12. The summed E-state index contributed by atoms with van der Waals surface area (Å²) in [5.41, 5.74) is 2.53. The number of carbonyl (C=O) groups is 1. The van der Waals surface area contributed by atoms with Crippen LogP contribution in [0.1, 0.15) is 15.9 Å². The first-order chi connectivity index (χ1) is 11.2. The first-order valence-corrected chi connectivity index (χ1v) is 7.91. The number of halogens is 1. The molecule has 3 rings (SSSR count). The molecule has 0 atom stereocenters. The average molecular weight is 351 g/mol. The molecule has 2 aromatic rings. The standard InChI is InChI=1S/C16H22N6O.ClH/c1-13-10-14(22-12-18-11-20-22)2-3-15(13)16(23)19-6-9-21-7-4-17-5-8-21;/h2-3,10-12,17H,4-9H2,1H3,(H,19,23);1H. The van der Waals surface area contributed by atoms with E-state index in [0.717, 1.165) is 44.0 Å². The van der Waals surface area contributed by atoms with Gasteiger partial charge in [-0.15, -0.1) is 12.4 Å². The Morgan fingerprint density at radius 1 is 1.33 bits per heavy atom. The van der Waals surface area contributed by atoms with Gasteiger partial charge in [0, 0.05) is 44.8 Å². The quantitative estimate of drug-likeness (QED) is 0.827. The zero-order valence-corrected chi connectivity index (χ0v) is 14.6. The first kappa shape index (κ1) is 18.4. The Morgan fingerprint density at radius 3 is 2.79 bits per heavy atom. The van der Waals surface area contributed by atoms with E-state index in [1.807, 2.05) is 25.1 Å². The fourth-order valence-electron chi connectivity index (χ4n) is 2.74. The molecule has 0 unspecified atom stereocenters. The van der Waals surface area contributed by atoms with Crippen LogP contribution in [0.25, 0.3) is 5.69 Å². The van der Waals surface area contributed by atoms with Crippen molar-refractivity contribution < 1.29 is 4.79 Å². The number of hydrogen-bond acceptors (Lipinski definition) is 5. The Morgan fingerprint density at radius 2 is 2.12 bits per heavy atom. The highest BCUT2D eigenvalue weighted by atomic mass is 35.5. The van der Waals surface area contributed by atoms with Crippen molar-refractivity contribution in [2.45, 2.75) is 6.92 Å². The van der Waals surface area contributed by atoms with Gasteiger partial charge in [0.25, 0.3) is 5.91 Å². The molecule has 0 radical (unpaired) electrons. The number of amides is 1. The van der Waals surface area contributed by atoms with E-state index in [1.54, 1.807) is 11.0 Å². The fourth-order valence-corrected chi connectivity index (χ4v) is 2.74. The Hall–Kier alpha value is -1.96. The summed E-state index contributed by atoms with van der Waals surface area (Å²) < 4.78 is 1.68. The van der Waals surface area contributed by atoms with Crippen LogP contribution in [0.2, 0.25) is 0 Å². The van der Waals surface area contributed by atoms with E-state index in [9.17, 15) is 4.79 Å². The summed E-state index contributed by atoms with van der Waals surface area (Å²) in [6.07, 6.45) is 3.13. The van der Waals surface area contributed by atoms with Crippen molar-refractivity contribution in [3.05, 3.63) is 42.0 Å². The van der Waals surface area contributed by atoms with Crippen LogP contribution in [-0.2, 0) is 0 Å². The Bertz CT molecular complexity index is 655. The second kappa shape index (κ2) is 8.77. The van der Waals surface area contributed by atoms with Crippen LogP contribution in [0.4, 0.5) is 0 Å². The van der Waals surface area contributed by atoms with E-state index in [1.165, 1.54) is 6.33 Å². The molecule has 1 aliphatic rings. The minimum Gasteiger partial charge on any atom is -0.351 e. The van der Waals surface area contributed by atoms with E-state index in [0.29, 0.717) is 12.1 Å². The molecular formula is C16H23ClN6O. The van der Waals surface area contributed by atoms with Crippen molar-refractivity contribution in [2.24, 2.45) is 0 Å². The minimum absolute atomic E-state index is 0. The van der Waals surface area contributed by atoms with Gasteiger partial charge >= 0.3 is 0 Å². The summed E-state index contributed by atoms with van der Waals surface area (Å²) in [7, 11) is 0. The van der Waals surface area contributed by atoms with E-state index in [2.05, 4.69) is 25.6 Å². The van der Waals surface area contributed by atoms with Crippen LogP contribution in [0.15, 0.2) is 30.9 Å². The molecule has 2 N–H and O–H groups in total. The maximum atomic E-state index is 12.3. The molecular weight excluding hydrogens is 328 g/mol. The highest BCUT2D eigenvalue weighted by molar-refractivity contribution is 5.95. The number of aryl methyl sites for hydroxylation is 1. The molecule has 1 saturated heterocycles. The molecule has 130 valence electrons. The van der Waals surface area contributed by atoms with Gasteiger partial charge in [-0.05, 0) is 30.7 Å². The number of rotatable bonds is 5. The molecule has 8 heteroatoms. The Balaban J connectivity index is 0.00000208. The Kier molecular flexibility index (Phi) is 6.72. The number of hydrogen-bond donors (Lipinski definition) is 2. The number of aromatic nitrogens is 3. The van der Waals surface area contributed by atoms with Gasteiger partial charge in [0.15, 0.2) is 0 Å². The number of nitrogens with one attached hydrogen (secondary N) is 2. The van der Waals surface area contributed by atoms with E-state index in [4.69, 9.17) is 0 Å². The van der Waals surface area contributed by atoms with Crippen molar-refractivity contribution in [2.75, 3.05) is 39.3 Å². The maximum Gasteiger partial charge on any atom is 0.251 e. The predicted octanol–water partition coefficient (Wildman–Crippen LogP) is 0.633. The summed E-state index contributed by atoms with van der Waals surface area (Å²) in [5, 5.41) is 10.4. The number of benzene rings is 1. The van der Waals surface area contributed by atoms with Crippen LogP contribution in [0, 0.1) is 6.92 Å². The average Bonchev–Trinajstić information content (AvgIpc) is 3.10. The molecule has 1 fully saturated rings. The first-order valence-electron chi connectivity index (χ1n) is 7.91. The van der Waals surface area contributed by atoms with Gasteiger partial charge in [-0.3, -0.25) is 9.69 Å². The van der Waals surface area contributed by atoms with Gasteiger partial charge in [0.05, 0.1) is 5.69 Å². The summed E-state index contributed by atoms with van der Waals surface area (Å²) in [6.45, 7) is 7.63. The second-order valence-electron chi connectivity index (χ2n) is 5.69. The summed E-state index contributed by atoms with van der Waals surface area (Å²) in [6, 6.07) is 5.67. The number of piperazine rings is 1. The summed E-state index contributed by atoms with van der Waals surface area (Å²) >= 11 is 0. The molecule has 0 saturated carbocycles. The molecule has 0 bridgehead atoms. The molecule has 2 heterocycles. The van der Waals surface area contributed by atoms with Crippen LogP contribution >= 0.6 is 12.4 Å². The van der Waals surface area contributed by atoms with Crippen molar-refractivity contribution in [1.82, 2.24) is 30.3 Å². The van der Waals surface area contributed by atoms with E-state index >= 15 is 0 Å². The minimum atomic E-state index is -0.0252. The van der Waals surface area contributed by atoms with Crippen molar-refractivity contribution in [3.8, 4) is 5.69 Å². The molecule has 1 aromatic heterocycles. The third-order valence-electron chi connectivity index (χ3n) is 4.06. The fraction of sp³-hybridized carbons (Fsp3) is 0.438. The predicted molar refractivity (Wildman–Crippen MR) is 95.0 cm³/mol. The summed E-state index contributed by atoms with van der Waals surface area (Å²) in [4.78, 5) is 18.6. The normalized spacial score (nSPS) is 14.9. The number of carbonyl (C=O) groups excluding carboxylic acids is 1. The van der Waals surface area contributed by atoms with Crippen molar-refractivity contribution >= 4 is 18.3 Å². The molecule has 0 aliphatic carbocycles. The largest absolute Gasteiger partial charge is 0.351 e. The van der Waals surface area contributed by atoms with Crippen LogP contribution in [0.5, 0.6) is 0 Å². The second-order valence-corrected chi connectivity index (χ2v) is 5.69. The lowest BCUT2D eigenvalue weighted by Gasteiger charge is -2.27. The molecule has 0 spiro atoms. The van der Waals surface area contributed by atoms with Crippen LogP contribution < -0.4 is 10.6 Å². The molecule has 7 nitrogen and oxygen atoms in total. The monoisotopic (exact) mass is 350 g/mol. The lowest BCUT2D eigenvalue weighted by Crippen LogP contribution is -2.46. The molecule has 1 amide bonds. The van der Waals surface area contributed by atoms with Gasteiger partial charge < -0.3 is 10.6 Å². The van der Waals surface area contributed by atoms with Gasteiger partial charge in [0.2, 0.25) is 0 Å². The maximum absolute atomic E-state index is 12.3. The number of nitrogens with zero attached hydrogens (tertiary/aromatic N) is 4. The SMILES string of the molecule is Cc1cc(-n2cncn2)ccc1C(=O)NCCN1CCNCC1.Cl. The third kappa shape index (κ3) is 4.53. The molecule has 1 aromatic carbocycles. The van der Waals surface area contributed by atoms with Gasteiger partial charge in [0.1, 0.15) is 12.7 Å². The van der Waals surface area contributed by atoms with E-state index < -0.39 is 0 Å². The van der Waals surface area contributed by atoms with E-state index in [-0.39, 0.29) is 18.3 Å². The van der Waals surface area contributed by atoms with Crippen LogP contribution in [-0.4, -0.2) is 64.8 Å². The Labute approximate surface area is 147 Å². The van der Waals surface area contributed by atoms with Gasteiger partial charge in [-0.25, -0.2) is 9.67 Å². The molecule has 1 aliphatic heterocycles. The smallest absolute Gasteiger partial charge is 0.251 e. The zero-order chi connectivity index (χ0) is 16.1. The third-order valence-corrected chi connectivity index (χ3v) is 4.06. The highest BCUT2D eigenvalue weighted by Crippen LogP contribution is 2.13.